The molecule has 0 bridgehead atoms. The minimum atomic E-state index is -0.0477. The summed E-state index contributed by atoms with van der Waals surface area (Å²) in [6, 6.07) is 31.8. The molecule has 0 fully saturated rings. The molecule has 0 saturated carbocycles. The monoisotopic (exact) mass is 487 g/mol. The zero-order valence-corrected chi connectivity index (χ0v) is 24.0. The van der Waals surface area contributed by atoms with E-state index >= 15 is 0 Å². The molecule has 1 heteroatoms. The van der Waals surface area contributed by atoms with Crippen LogP contribution < -0.4 is 0 Å². The molecule has 0 atom stereocenters. The van der Waals surface area contributed by atoms with E-state index in [2.05, 4.69) is 152 Å². The maximum atomic E-state index is 2.54. The van der Waals surface area contributed by atoms with Crippen LogP contribution in [0, 0.1) is 0 Å². The Kier molecular flexibility index (Phi) is 5.90. The molecule has 0 amide bonds. The third kappa shape index (κ3) is 4.50. The van der Waals surface area contributed by atoms with Gasteiger partial charge in [-0.2, -0.15) is 0 Å². The first kappa shape index (κ1) is 25.3. The van der Waals surface area contributed by atoms with Crippen molar-refractivity contribution in [2.75, 3.05) is 0 Å². The average molecular weight is 488 g/mol. The molecule has 1 heterocycles. The van der Waals surface area contributed by atoms with Crippen molar-refractivity contribution < 1.29 is 0 Å². The summed E-state index contributed by atoms with van der Waals surface area (Å²) in [5.41, 5.74) is 10.6. The van der Waals surface area contributed by atoms with E-state index in [1.165, 1.54) is 55.3 Å². The predicted octanol–water partition coefficient (Wildman–Crippen LogP) is 10.3. The molecule has 1 aromatic heterocycles. The number of hydrogen-bond donors (Lipinski definition) is 0. The smallest absolute Gasteiger partial charge is 0.0544 e. The highest BCUT2D eigenvalue weighted by Crippen LogP contribution is 2.42. The summed E-state index contributed by atoms with van der Waals surface area (Å²) in [5.74, 6) is 0. The third-order valence-corrected chi connectivity index (χ3v) is 7.62. The first-order valence-corrected chi connectivity index (χ1v) is 13.6. The largest absolute Gasteiger partial charge is 0.309 e. The number of aromatic nitrogens is 1. The van der Waals surface area contributed by atoms with E-state index in [0.717, 1.165) is 0 Å². The lowest BCUT2D eigenvalue weighted by Gasteiger charge is -2.28. The standard InChI is InChI=1S/C36H41N/c1-34(2,3)25-18-20-28-29-21-19-26(35(4,5)6)23-32(29)37(31(28)22-25)30-17-13-16-27(33(30)36(7,8)9)24-14-11-10-12-15-24/h10-23H,1-9H3. The third-order valence-electron chi connectivity index (χ3n) is 7.62. The number of nitrogens with zero attached hydrogens (tertiary/aromatic N) is 1. The number of benzene rings is 4. The molecular formula is C36H41N. The Morgan fingerprint density at radius 2 is 1.00 bits per heavy atom. The molecule has 5 aromatic rings. The Bertz CT molecular complexity index is 1520. The maximum absolute atomic E-state index is 2.54. The molecule has 0 unspecified atom stereocenters. The van der Waals surface area contributed by atoms with Crippen LogP contribution in [0.3, 0.4) is 0 Å². The van der Waals surface area contributed by atoms with Gasteiger partial charge in [0, 0.05) is 10.8 Å². The number of rotatable bonds is 2. The molecule has 0 saturated heterocycles. The van der Waals surface area contributed by atoms with Gasteiger partial charge in [0.25, 0.3) is 0 Å². The molecule has 0 aliphatic heterocycles. The summed E-state index contributed by atoms with van der Waals surface area (Å²) in [7, 11) is 0. The van der Waals surface area contributed by atoms with Gasteiger partial charge in [-0.15, -0.1) is 0 Å². The van der Waals surface area contributed by atoms with Gasteiger partial charge in [0.2, 0.25) is 0 Å². The molecule has 0 aliphatic rings. The summed E-state index contributed by atoms with van der Waals surface area (Å²) >= 11 is 0. The number of fused-ring (bicyclic) bond motifs is 3. The van der Waals surface area contributed by atoms with Gasteiger partial charge < -0.3 is 4.57 Å². The van der Waals surface area contributed by atoms with Crippen molar-refractivity contribution in [3.8, 4) is 16.8 Å². The Balaban J connectivity index is 1.97. The Hall–Kier alpha value is -3.32. The van der Waals surface area contributed by atoms with Gasteiger partial charge in [-0.25, -0.2) is 0 Å². The van der Waals surface area contributed by atoms with E-state index in [4.69, 9.17) is 0 Å². The molecule has 0 N–H and O–H groups in total. The fraction of sp³-hybridized carbons (Fsp3) is 0.333. The van der Waals surface area contributed by atoms with E-state index in [-0.39, 0.29) is 16.2 Å². The van der Waals surface area contributed by atoms with Gasteiger partial charge in [0.15, 0.2) is 0 Å². The first-order valence-electron chi connectivity index (χ1n) is 13.6. The topological polar surface area (TPSA) is 4.93 Å². The van der Waals surface area contributed by atoms with E-state index in [9.17, 15) is 0 Å². The normalized spacial score (nSPS) is 13.0. The van der Waals surface area contributed by atoms with E-state index in [1.54, 1.807) is 0 Å². The van der Waals surface area contributed by atoms with Crippen molar-refractivity contribution in [2.45, 2.75) is 78.6 Å². The fourth-order valence-electron chi connectivity index (χ4n) is 5.58. The summed E-state index contributed by atoms with van der Waals surface area (Å²) in [5, 5.41) is 2.63. The zero-order valence-electron chi connectivity index (χ0n) is 24.0. The van der Waals surface area contributed by atoms with Crippen molar-refractivity contribution in [2.24, 2.45) is 0 Å². The minimum absolute atomic E-state index is 0.0477. The molecule has 5 rings (SSSR count). The molecule has 1 nitrogen and oxygen atoms in total. The van der Waals surface area contributed by atoms with Gasteiger partial charge in [-0.05, 0) is 62.3 Å². The quantitative estimate of drug-likeness (QED) is 0.233. The summed E-state index contributed by atoms with van der Waals surface area (Å²) in [6.07, 6.45) is 0. The van der Waals surface area contributed by atoms with E-state index in [0.29, 0.717) is 0 Å². The summed E-state index contributed by atoms with van der Waals surface area (Å²) in [4.78, 5) is 0. The molecule has 0 radical (unpaired) electrons. The second kappa shape index (κ2) is 8.62. The second-order valence-electron chi connectivity index (χ2n) is 13.6. The van der Waals surface area contributed by atoms with Gasteiger partial charge in [0.1, 0.15) is 0 Å². The Morgan fingerprint density at radius 3 is 1.46 bits per heavy atom. The van der Waals surface area contributed by atoms with Crippen LogP contribution in [0.4, 0.5) is 0 Å². The van der Waals surface area contributed by atoms with Crippen LogP contribution in [0.5, 0.6) is 0 Å². The highest BCUT2D eigenvalue weighted by atomic mass is 15.0. The van der Waals surface area contributed by atoms with Crippen LogP contribution in [0.2, 0.25) is 0 Å². The molecule has 0 aliphatic carbocycles. The van der Waals surface area contributed by atoms with Crippen molar-refractivity contribution >= 4 is 21.8 Å². The van der Waals surface area contributed by atoms with Gasteiger partial charge in [0.05, 0.1) is 16.7 Å². The van der Waals surface area contributed by atoms with Gasteiger partial charge in [-0.1, -0.05) is 129 Å². The van der Waals surface area contributed by atoms with Gasteiger partial charge in [-0.3, -0.25) is 0 Å². The molecule has 4 aromatic carbocycles. The molecular weight excluding hydrogens is 446 g/mol. The van der Waals surface area contributed by atoms with E-state index < -0.39 is 0 Å². The SMILES string of the molecule is CC(C)(C)c1ccc2c3ccc(C(C)(C)C)cc3n(-c3cccc(-c4ccccc4)c3C(C)(C)C)c2c1. The van der Waals surface area contributed by atoms with Crippen LogP contribution in [0.15, 0.2) is 84.9 Å². The van der Waals surface area contributed by atoms with Crippen LogP contribution in [0.25, 0.3) is 38.6 Å². The Labute approximate surface area is 223 Å². The molecule has 190 valence electrons. The highest BCUT2D eigenvalue weighted by Gasteiger charge is 2.27. The highest BCUT2D eigenvalue weighted by molar-refractivity contribution is 6.10. The first-order chi connectivity index (χ1) is 17.3. The van der Waals surface area contributed by atoms with Gasteiger partial charge >= 0.3 is 0 Å². The van der Waals surface area contributed by atoms with Crippen LogP contribution >= 0.6 is 0 Å². The van der Waals surface area contributed by atoms with E-state index in [1.807, 2.05) is 0 Å². The van der Waals surface area contributed by atoms with Crippen LogP contribution in [0.1, 0.15) is 79.0 Å². The fourth-order valence-corrected chi connectivity index (χ4v) is 5.58. The number of hydrogen-bond acceptors (Lipinski definition) is 0. The zero-order chi connectivity index (χ0) is 26.8. The van der Waals surface area contributed by atoms with Crippen LogP contribution in [-0.2, 0) is 16.2 Å². The average Bonchev–Trinajstić information content (AvgIpc) is 3.15. The lowest BCUT2D eigenvalue weighted by atomic mass is 9.80. The lowest BCUT2D eigenvalue weighted by Crippen LogP contribution is -2.17. The second-order valence-corrected chi connectivity index (χ2v) is 13.6. The predicted molar refractivity (Wildman–Crippen MR) is 162 cm³/mol. The van der Waals surface area contributed by atoms with Crippen molar-refractivity contribution in [1.29, 1.82) is 0 Å². The minimum Gasteiger partial charge on any atom is -0.309 e. The summed E-state index contributed by atoms with van der Waals surface area (Å²) < 4.78 is 2.54. The Morgan fingerprint density at radius 1 is 0.486 bits per heavy atom. The summed E-state index contributed by atoms with van der Waals surface area (Å²) in [6.45, 7) is 20.8. The molecule has 37 heavy (non-hydrogen) atoms. The molecule has 0 spiro atoms. The maximum Gasteiger partial charge on any atom is 0.0544 e. The van der Waals surface area contributed by atoms with Crippen LogP contribution in [-0.4, -0.2) is 4.57 Å². The van der Waals surface area contributed by atoms with Crippen molar-refractivity contribution in [3.05, 3.63) is 102 Å². The van der Waals surface area contributed by atoms with Crippen molar-refractivity contribution in [3.63, 3.8) is 0 Å². The van der Waals surface area contributed by atoms with Crippen molar-refractivity contribution in [1.82, 2.24) is 4.57 Å². The lowest BCUT2D eigenvalue weighted by molar-refractivity contribution is 0.587.